The molecular weight excluding hydrogens is 354 g/mol. The third kappa shape index (κ3) is 4.03. The van der Waals surface area contributed by atoms with Crippen molar-refractivity contribution in [1.29, 1.82) is 0 Å². The van der Waals surface area contributed by atoms with Crippen LogP contribution in [0.3, 0.4) is 0 Å². The number of aromatic nitrogens is 1. The quantitative estimate of drug-likeness (QED) is 0.868. The average Bonchev–Trinajstić information content (AvgIpc) is 3.15. The van der Waals surface area contributed by atoms with Gasteiger partial charge in [0.2, 0.25) is 0 Å². The summed E-state index contributed by atoms with van der Waals surface area (Å²) in [4.78, 5) is 16.9. The lowest BCUT2D eigenvalue weighted by atomic mass is 10.1. The molecule has 0 radical (unpaired) electrons. The van der Waals surface area contributed by atoms with Crippen molar-refractivity contribution in [2.45, 2.75) is 13.0 Å². The molecule has 0 saturated carbocycles. The molecule has 2 heterocycles. The first kappa shape index (κ1) is 18.8. The maximum absolute atomic E-state index is 13.0. The number of hydrogen-bond acceptors (Lipinski definition) is 4. The normalized spacial score (nSPS) is 16.5. The summed E-state index contributed by atoms with van der Waals surface area (Å²) in [5, 5.41) is 10.0. The van der Waals surface area contributed by atoms with Gasteiger partial charge in [0.25, 0.3) is 5.91 Å². The standard InChI is InChI=1S/C19H24ClN3O3/c1-14(24)13-21-7-9-23(10-8-21)19(25)15-11-16(20)17(12-18(15)26-2)22-5-3-4-6-22/h3-6,11-12,14,24H,7-10,13H2,1-2H3. The number of carbonyl (C=O) groups is 1. The van der Waals surface area contributed by atoms with Crippen molar-refractivity contribution in [3.05, 3.63) is 47.2 Å². The van der Waals surface area contributed by atoms with Gasteiger partial charge in [-0.2, -0.15) is 0 Å². The molecule has 0 aliphatic carbocycles. The highest BCUT2D eigenvalue weighted by atomic mass is 35.5. The monoisotopic (exact) mass is 377 g/mol. The Morgan fingerprint density at radius 1 is 1.23 bits per heavy atom. The van der Waals surface area contributed by atoms with Gasteiger partial charge in [-0.25, -0.2) is 0 Å². The summed E-state index contributed by atoms with van der Waals surface area (Å²) < 4.78 is 7.34. The highest BCUT2D eigenvalue weighted by molar-refractivity contribution is 6.33. The number of piperazine rings is 1. The summed E-state index contributed by atoms with van der Waals surface area (Å²) in [6.07, 6.45) is 3.42. The van der Waals surface area contributed by atoms with Gasteiger partial charge in [-0.05, 0) is 25.1 Å². The lowest BCUT2D eigenvalue weighted by Gasteiger charge is -2.35. The van der Waals surface area contributed by atoms with Crippen molar-refractivity contribution in [2.75, 3.05) is 39.8 Å². The zero-order valence-electron chi connectivity index (χ0n) is 15.1. The van der Waals surface area contributed by atoms with Crippen LogP contribution >= 0.6 is 11.6 Å². The van der Waals surface area contributed by atoms with Crippen LogP contribution in [0.1, 0.15) is 17.3 Å². The van der Waals surface area contributed by atoms with Gasteiger partial charge in [0, 0.05) is 51.2 Å². The van der Waals surface area contributed by atoms with Gasteiger partial charge < -0.3 is 19.3 Å². The molecule has 1 atom stereocenters. The van der Waals surface area contributed by atoms with Crippen molar-refractivity contribution in [2.24, 2.45) is 0 Å². The zero-order valence-corrected chi connectivity index (χ0v) is 15.8. The number of aliphatic hydroxyl groups excluding tert-OH is 1. The third-order valence-electron chi connectivity index (χ3n) is 4.56. The second kappa shape index (κ2) is 8.12. The fourth-order valence-corrected chi connectivity index (χ4v) is 3.51. The number of rotatable bonds is 5. The van der Waals surface area contributed by atoms with E-state index in [4.69, 9.17) is 16.3 Å². The maximum Gasteiger partial charge on any atom is 0.257 e. The fraction of sp³-hybridized carbons (Fsp3) is 0.421. The van der Waals surface area contributed by atoms with E-state index in [-0.39, 0.29) is 12.0 Å². The van der Waals surface area contributed by atoms with Crippen LogP contribution in [0.4, 0.5) is 0 Å². The lowest BCUT2D eigenvalue weighted by molar-refractivity contribution is 0.0551. The SMILES string of the molecule is COc1cc(-n2cccc2)c(Cl)cc1C(=O)N1CCN(CC(C)O)CC1. The zero-order chi connectivity index (χ0) is 18.7. The van der Waals surface area contributed by atoms with E-state index in [1.165, 1.54) is 0 Å². The Hall–Kier alpha value is -2.02. The van der Waals surface area contributed by atoms with Crippen LogP contribution in [0.2, 0.25) is 5.02 Å². The molecule has 26 heavy (non-hydrogen) atoms. The topological polar surface area (TPSA) is 57.9 Å². The number of carbonyl (C=O) groups excluding carboxylic acids is 1. The molecule has 0 bridgehead atoms. The number of amides is 1. The summed E-state index contributed by atoms with van der Waals surface area (Å²) in [6.45, 7) is 5.12. The molecule has 0 spiro atoms. The van der Waals surface area contributed by atoms with Crippen LogP contribution < -0.4 is 4.74 Å². The van der Waals surface area contributed by atoms with E-state index >= 15 is 0 Å². The van der Waals surface area contributed by atoms with Crippen LogP contribution in [0.5, 0.6) is 5.75 Å². The van der Waals surface area contributed by atoms with Crippen LogP contribution in [0.15, 0.2) is 36.7 Å². The lowest BCUT2D eigenvalue weighted by Crippen LogP contribution is -2.50. The van der Waals surface area contributed by atoms with Crippen LogP contribution in [0, 0.1) is 0 Å². The van der Waals surface area contributed by atoms with Crippen LogP contribution in [-0.2, 0) is 0 Å². The minimum atomic E-state index is -0.364. The van der Waals surface area contributed by atoms with E-state index in [1.807, 2.05) is 34.0 Å². The second-order valence-corrected chi connectivity index (χ2v) is 6.94. The Kier molecular flexibility index (Phi) is 5.86. The van der Waals surface area contributed by atoms with E-state index in [0.29, 0.717) is 36.0 Å². The average molecular weight is 378 g/mol. The number of nitrogens with zero attached hydrogens (tertiary/aromatic N) is 3. The smallest absolute Gasteiger partial charge is 0.257 e. The molecule has 140 valence electrons. The first-order valence-electron chi connectivity index (χ1n) is 8.70. The Balaban J connectivity index is 1.78. The van der Waals surface area contributed by atoms with Crippen molar-refractivity contribution in [3.8, 4) is 11.4 Å². The van der Waals surface area contributed by atoms with Gasteiger partial charge in [0.1, 0.15) is 5.75 Å². The summed E-state index contributed by atoms with van der Waals surface area (Å²) >= 11 is 6.43. The molecule has 1 aromatic heterocycles. The number of aliphatic hydroxyl groups is 1. The highest BCUT2D eigenvalue weighted by Gasteiger charge is 2.25. The number of β-amino-alcohol motifs (C(OH)–C–C–N with tert-alkyl or cyclic N) is 1. The predicted octanol–water partition coefficient (Wildman–Crippen LogP) is 2.28. The summed E-state index contributed by atoms with van der Waals surface area (Å²) in [6, 6.07) is 7.29. The number of halogens is 1. The molecule has 1 saturated heterocycles. The summed E-state index contributed by atoms with van der Waals surface area (Å²) in [5.74, 6) is 0.425. The van der Waals surface area contributed by atoms with Crippen LogP contribution in [0.25, 0.3) is 5.69 Å². The first-order chi connectivity index (χ1) is 12.5. The number of benzene rings is 1. The number of methoxy groups -OCH3 is 1. The molecule has 3 rings (SSSR count). The minimum Gasteiger partial charge on any atom is -0.496 e. The van der Waals surface area contributed by atoms with Crippen molar-refractivity contribution in [3.63, 3.8) is 0 Å². The molecule has 2 aromatic rings. The summed E-state index contributed by atoms with van der Waals surface area (Å²) in [7, 11) is 1.56. The maximum atomic E-state index is 13.0. The van der Waals surface area contributed by atoms with Gasteiger partial charge in [-0.1, -0.05) is 11.6 Å². The fourth-order valence-electron chi connectivity index (χ4n) is 3.25. The molecule has 7 heteroatoms. The number of ether oxygens (including phenoxy) is 1. The van der Waals surface area contributed by atoms with E-state index in [1.54, 1.807) is 26.2 Å². The van der Waals surface area contributed by atoms with Crippen molar-refractivity contribution in [1.82, 2.24) is 14.4 Å². The summed E-state index contributed by atoms with van der Waals surface area (Å²) in [5.41, 5.74) is 1.24. The molecular formula is C19H24ClN3O3. The molecule has 1 amide bonds. The van der Waals surface area contributed by atoms with Gasteiger partial charge >= 0.3 is 0 Å². The Morgan fingerprint density at radius 2 is 1.88 bits per heavy atom. The molecule has 6 nitrogen and oxygen atoms in total. The Labute approximate surface area is 158 Å². The Bertz CT molecular complexity index is 754. The van der Waals surface area contributed by atoms with Gasteiger partial charge in [-0.15, -0.1) is 0 Å². The third-order valence-corrected chi connectivity index (χ3v) is 4.87. The molecule has 1 fully saturated rings. The van der Waals surface area contributed by atoms with Crippen molar-refractivity contribution < 1.29 is 14.6 Å². The second-order valence-electron chi connectivity index (χ2n) is 6.54. The van der Waals surface area contributed by atoms with E-state index in [9.17, 15) is 9.90 Å². The molecule has 1 aliphatic rings. The molecule has 1 aliphatic heterocycles. The largest absolute Gasteiger partial charge is 0.496 e. The molecule has 1 N–H and O–H groups in total. The number of hydrogen-bond donors (Lipinski definition) is 1. The Morgan fingerprint density at radius 3 is 2.46 bits per heavy atom. The van der Waals surface area contributed by atoms with Crippen LogP contribution in [-0.4, -0.2) is 71.3 Å². The van der Waals surface area contributed by atoms with Crippen molar-refractivity contribution >= 4 is 17.5 Å². The van der Waals surface area contributed by atoms with Gasteiger partial charge in [0.15, 0.2) is 0 Å². The predicted molar refractivity (Wildman–Crippen MR) is 101 cm³/mol. The molecule has 1 aromatic carbocycles. The first-order valence-corrected chi connectivity index (χ1v) is 9.08. The van der Waals surface area contributed by atoms with E-state index in [2.05, 4.69) is 4.90 Å². The van der Waals surface area contributed by atoms with E-state index in [0.717, 1.165) is 18.8 Å². The van der Waals surface area contributed by atoms with Gasteiger partial charge in [0.05, 0.1) is 29.5 Å². The highest BCUT2D eigenvalue weighted by Crippen LogP contribution is 2.31. The van der Waals surface area contributed by atoms with Gasteiger partial charge in [-0.3, -0.25) is 9.69 Å². The minimum absolute atomic E-state index is 0.0838. The van der Waals surface area contributed by atoms with E-state index < -0.39 is 0 Å². The molecule has 1 unspecified atom stereocenters.